The molecule has 0 aliphatic carbocycles. The molecule has 0 radical (unpaired) electrons. The van der Waals surface area contributed by atoms with Gasteiger partial charge < -0.3 is 10.1 Å². The average molecular weight is 330 g/mol. The van der Waals surface area contributed by atoms with Crippen LogP contribution in [0.3, 0.4) is 0 Å². The normalized spacial score (nSPS) is 18.4. The van der Waals surface area contributed by atoms with Crippen molar-refractivity contribution in [2.24, 2.45) is 0 Å². The Labute approximate surface area is 131 Å². The zero-order valence-corrected chi connectivity index (χ0v) is 13.6. The van der Waals surface area contributed by atoms with Gasteiger partial charge in [0.2, 0.25) is 10.0 Å². The van der Waals surface area contributed by atoms with Crippen molar-refractivity contribution in [2.45, 2.75) is 32.2 Å². The monoisotopic (exact) mass is 330 g/mol. The first-order chi connectivity index (χ1) is 10.5. The maximum Gasteiger partial charge on any atom is 0.211 e. The molecule has 1 atom stereocenters. The lowest BCUT2D eigenvalue weighted by Gasteiger charge is -2.18. The second-order valence-electron chi connectivity index (χ2n) is 5.33. The largest absolute Gasteiger partial charge is 0.493 e. The molecule has 0 fully saturated rings. The molecule has 2 rings (SSSR count). The van der Waals surface area contributed by atoms with Crippen LogP contribution in [-0.2, 0) is 10.0 Å². The Morgan fingerprint density at radius 3 is 2.95 bits per heavy atom. The lowest BCUT2D eigenvalue weighted by Crippen LogP contribution is -2.29. The van der Waals surface area contributed by atoms with Crippen molar-refractivity contribution in [1.82, 2.24) is 10.0 Å². The number of halogens is 1. The molecule has 0 saturated carbocycles. The second kappa shape index (κ2) is 7.89. The maximum atomic E-state index is 13.3. The Balaban J connectivity index is 1.86. The van der Waals surface area contributed by atoms with Gasteiger partial charge in [0, 0.05) is 24.2 Å². The number of rotatable bonds is 7. The minimum absolute atomic E-state index is 0.0966. The molecule has 0 saturated heterocycles. The van der Waals surface area contributed by atoms with Crippen molar-refractivity contribution in [3.05, 3.63) is 29.6 Å². The summed E-state index contributed by atoms with van der Waals surface area (Å²) in [5, 5.41) is 3.40. The summed E-state index contributed by atoms with van der Waals surface area (Å²) >= 11 is 0. The standard InChI is InChI=1S/C15H23FN2O3S/c1-2-22(19,20)18-9-4-8-17-14-5-3-10-21-15-11-12(16)6-7-13(14)15/h6-7,11,14,17-18H,2-5,8-10H2,1H3/t14-/m0/s1. The fourth-order valence-electron chi connectivity index (χ4n) is 2.45. The third-order valence-corrected chi connectivity index (χ3v) is 5.10. The summed E-state index contributed by atoms with van der Waals surface area (Å²) < 4.78 is 44.0. The van der Waals surface area contributed by atoms with Crippen LogP contribution in [0, 0.1) is 5.82 Å². The first-order valence-corrected chi connectivity index (χ1v) is 9.30. The van der Waals surface area contributed by atoms with E-state index in [2.05, 4.69) is 10.0 Å². The van der Waals surface area contributed by atoms with Crippen molar-refractivity contribution in [3.8, 4) is 5.75 Å². The topological polar surface area (TPSA) is 67.4 Å². The zero-order chi connectivity index (χ0) is 16.0. The highest BCUT2D eigenvalue weighted by Gasteiger charge is 2.19. The number of fused-ring (bicyclic) bond motifs is 1. The molecule has 1 aromatic rings. The second-order valence-corrected chi connectivity index (χ2v) is 7.43. The molecule has 0 amide bonds. The van der Waals surface area contributed by atoms with E-state index in [0.717, 1.165) is 18.4 Å². The highest BCUT2D eigenvalue weighted by Crippen LogP contribution is 2.31. The molecule has 1 aliphatic rings. The molecule has 0 aromatic heterocycles. The van der Waals surface area contributed by atoms with Gasteiger partial charge in [0.25, 0.3) is 0 Å². The number of nitrogens with one attached hydrogen (secondary N) is 2. The van der Waals surface area contributed by atoms with E-state index in [4.69, 9.17) is 4.74 Å². The molecule has 1 aliphatic heterocycles. The van der Waals surface area contributed by atoms with Crippen LogP contribution in [-0.4, -0.2) is 33.9 Å². The first kappa shape index (κ1) is 17.2. The Bertz CT molecular complexity index is 592. The van der Waals surface area contributed by atoms with E-state index in [9.17, 15) is 12.8 Å². The van der Waals surface area contributed by atoms with Crippen LogP contribution in [0.5, 0.6) is 5.75 Å². The summed E-state index contributed by atoms with van der Waals surface area (Å²) in [6.45, 7) is 3.31. The lowest BCUT2D eigenvalue weighted by atomic mass is 10.0. The van der Waals surface area contributed by atoms with E-state index < -0.39 is 10.0 Å². The van der Waals surface area contributed by atoms with Gasteiger partial charge in [0.1, 0.15) is 11.6 Å². The quantitative estimate of drug-likeness (QED) is 0.750. The molecule has 22 heavy (non-hydrogen) atoms. The van der Waals surface area contributed by atoms with Crippen molar-refractivity contribution < 1.29 is 17.5 Å². The summed E-state index contributed by atoms with van der Waals surface area (Å²) in [5.41, 5.74) is 0.966. The Morgan fingerprint density at radius 1 is 1.36 bits per heavy atom. The average Bonchev–Trinajstić information content (AvgIpc) is 2.68. The Kier molecular flexibility index (Phi) is 6.16. The van der Waals surface area contributed by atoms with Crippen LogP contribution in [0.4, 0.5) is 4.39 Å². The van der Waals surface area contributed by atoms with E-state index >= 15 is 0 Å². The van der Waals surface area contributed by atoms with E-state index in [1.807, 2.05) is 0 Å². The van der Waals surface area contributed by atoms with E-state index in [0.29, 0.717) is 31.9 Å². The van der Waals surface area contributed by atoms with Crippen LogP contribution >= 0.6 is 0 Å². The number of benzene rings is 1. The Hall–Kier alpha value is -1.18. The summed E-state index contributed by atoms with van der Waals surface area (Å²) in [6, 6.07) is 4.73. The van der Waals surface area contributed by atoms with Gasteiger partial charge in [-0.1, -0.05) is 6.07 Å². The van der Waals surface area contributed by atoms with Gasteiger partial charge >= 0.3 is 0 Å². The molecule has 124 valence electrons. The molecule has 2 N–H and O–H groups in total. The van der Waals surface area contributed by atoms with Crippen LogP contribution in [0.2, 0.25) is 0 Å². The minimum Gasteiger partial charge on any atom is -0.493 e. The maximum absolute atomic E-state index is 13.3. The SMILES string of the molecule is CCS(=O)(=O)NCCCN[C@H]1CCCOc2cc(F)ccc21. The van der Waals surface area contributed by atoms with Gasteiger partial charge in [-0.3, -0.25) is 0 Å². The molecular formula is C15H23FN2O3S. The smallest absolute Gasteiger partial charge is 0.211 e. The highest BCUT2D eigenvalue weighted by atomic mass is 32.2. The molecule has 7 heteroatoms. The third-order valence-electron chi connectivity index (χ3n) is 3.69. The summed E-state index contributed by atoms with van der Waals surface area (Å²) in [6.07, 6.45) is 2.52. The van der Waals surface area contributed by atoms with Crippen LogP contribution in [0.25, 0.3) is 0 Å². The van der Waals surface area contributed by atoms with Gasteiger partial charge in [0.05, 0.1) is 12.4 Å². The van der Waals surface area contributed by atoms with Gasteiger partial charge in [-0.25, -0.2) is 17.5 Å². The van der Waals surface area contributed by atoms with Crippen LogP contribution in [0.15, 0.2) is 18.2 Å². The first-order valence-electron chi connectivity index (χ1n) is 7.65. The number of sulfonamides is 1. The van der Waals surface area contributed by atoms with Crippen LogP contribution in [0.1, 0.15) is 37.8 Å². The van der Waals surface area contributed by atoms with Crippen molar-refractivity contribution in [3.63, 3.8) is 0 Å². The molecule has 1 heterocycles. The van der Waals surface area contributed by atoms with Gasteiger partial charge in [-0.15, -0.1) is 0 Å². The Morgan fingerprint density at radius 2 is 2.18 bits per heavy atom. The fourth-order valence-corrected chi connectivity index (χ4v) is 3.11. The fraction of sp³-hybridized carbons (Fsp3) is 0.600. The van der Waals surface area contributed by atoms with Gasteiger partial charge in [-0.2, -0.15) is 0 Å². The van der Waals surface area contributed by atoms with Gasteiger partial charge in [-0.05, 0) is 38.8 Å². The summed E-state index contributed by atoms with van der Waals surface area (Å²) in [4.78, 5) is 0. The van der Waals surface area contributed by atoms with Crippen molar-refractivity contribution in [2.75, 3.05) is 25.4 Å². The predicted octanol–water partition coefficient (Wildman–Crippen LogP) is 1.96. The zero-order valence-electron chi connectivity index (χ0n) is 12.8. The molecular weight excluding hydrogens is 307 g/mol. The molecule has 0 bridgehead atoms. The number of ether oxygens (including phenoxy) is 1. The van der Waals surface area contributed by atoms with Crippen molar-refractivity contribution in [1.29, 1.82) is 0 Å². The highest BCUT2D eigenvalue weighted by molar-refractivity contribution is 7.89. The molecule has 1 aromatic carbocycles. The minimum atomic E-state index is -3.12. The predicted molar refractivity (Wildman–Crippen MR) is 84.0 cm³/mol. The summed E-state index contributed by atoms with van der Waals surface area (Å²) in [5.74, 6) is 0.398. The van der Waals surface area contributed by atoms with E-state index in [-0.39, 0.29) is 17.6 Å². The molecule has 0 spiro atoms. The number of hydrogen-bond acceptors (Lipinski definition) is 4. The summed E-state index contributed by atoms with van der Waals surface area (Å²) in [7, 11) is -3.12. The molecule has 5 nitrogen and oxygen atoms in total. The number of hydrogen-bond donors (Lipinski definition) is 2. The van der Waals surface area contributed by atoms with E-state index in [1.54, 1.807) is 13.0 Å². The van der Waals surface area contributed by atoms with Gasteiger partial charge in [0.15, 0.2) is 0 Å². The van der Waals surface area contributed by atoms with E-state index in [1.165, 1.54) is 12.1 Å². The molecule has 0 unspecified atom stereocenters. The van der Waals surface area contributed by atoms with Crippen molar-refractivity contribution >= 4 is 10.0 Å². The third kappa shape index (κ3) is 4.93. The lowest BCUT2D eigenvalue weighted by molar-refractivity contribution is 0.313. The van der Waals surface area contributed by atoms with Crippen LogP contribution < -0.4 is 14.8 Å².